The molecule has 23 heavy (non-hydrogen) atoms. The van der Waals surface area contributed by atoms with Gasteiger partial charge in [-0.05, 0) is 30.5 Å². The zero-order chi connectivity index (χ0) is 17.3. The molecule has 0 heterocycles. The predicted octanol–water partition coefficient (Wildman–Crippen LogP) is 3.19. The third-order valence-electron chi connectivity index (χ3n) is 2.94. The molecule has 0 fully saturated rings. The van der Waals surface area contributed by atoms with Crippen LogP contribution in [0.15, 0.2) is 29.4 Å². The molecule has 126 valence electrons. The molecule has 0 atom stereocenters. The maximum atomic E-state index is 12.4. The molecule has 0 aliphatic carbocycles. The quantitative estimate of drug-likeness (QED) is 0.436. The Kier molecular flexibility index (Phi) is 7.24. The Bertz CT molecular complexity index is 554. The van der Waals surface area contributed by atoms with Crippen molar-refractivity contribution >= 4 is 18.1 Å². The molecule has 1 aromatic carbocycles. The Morgan fingerprint density at radius 2 is 1.70 bits per heavy atom. The maximum absolute atomic E-state index is 12.4. The Labute approximate surface area is 131 Å². The van der Waals surface area contributed by atoms with E-state index in [2.05, 4.69) is 10.5 Å². The Morgan fingerprint density at radius 3 is 2.26 bits per heavy atom. The number of nitrogens with zero attached hydrogens (tertiary/aromatic N) is 1. The lowest BCUT2D eigenvalue weighted by Crippen LogP contribution is -2.16. The summed E-state index contributed by atoms with van der Waals surface area (Å²) in [4.78, 5) is 21.7. The van der Waals surface area contributed by atoms with Crippen LogP contribution in [-0.4, -0.2) is 23.2 Å². The first-order valence-electron chi connectivity index (χ1n) is 7.00. The van der Waals surface area contributed by atoms with Crippen LogP contribution in [0, 0.1) is 0 Å². The van der Waals surface area contributed by atoms with Gasteiger partial charge in [0, 0.05) is 12.8 Å². The van der Waals surface area contributed by atoms with E-state index < -0.39 is 17.7 Å². The lowest BCUT2D eigenvalue weighted by Gasteiger charge is -2.05. The number of benzene rings is 1. The normalized spacial score (nSPS) is 11.6. The molecule has 8 heteroatoms. The summed E-state index contributed by atoms with van der Waals surface area (Å²) >= 11 is 0. The van der Waals surface area contributed by atoms with E-state index >= 15 is 0 Å². The van der Waals surface area contributed by atoms with Crippen molar-refractivity contribution in [3.8, 4) is 0 Å². The van der Waals surface area contributed by atoms with Gasteiger partial charge in [-0.1, -0.05) is 18.6 Å². The Morgan fingerprint density at radius 1 is 1.09 bits per heavy atom. The van der Waals surface area contributed by atoms with Crippen molar-refractivity contribution < 1.29 is 27.9 Å². The predicted molar refractivity (Wildman–Crippen MR) is 77.9 cm³/mol. The molecular weight excluding hydrogens is 313 g/mol. The largest absolute Gasteiger partial charge is 0.481 e. The minimum absolute atomic E-state index is 0.0771. The fourth-order valence-corrected chi connectivity index (χ4v) is 1.73. The van der Waals surface area contributed by atoms with Crippen molar-refractivity contribution in [1.29, 1.82) is 0 Å². The molecule has 0 saturated heterocycles. The lowest BCUT2D eigenvalue weighted by atomic mass is 10.1. The minimum atomic E-state index is -4.38. The molecule has 0 aromatic heterocycles. The number of unbranched alkanes of at least 4 members (excludes halogenated alkanes) is 2. The molecule has 5 nitrogen and oxygen atoms in total. The third kappa shape index (κ3) is 7.98. The molecule has 0 aliphatic heterocycles. The average molecular weight is 330 g/mol. The summed E-state index contributed by atoms with van der Waals surface area (Å²) in [7, 11) is 0. The first kappa shape index (κ1) is 18.7. The van der Waals surface area contributed by atoms with Crippen LogP contribution in [0.2, 0.25) is 0 Å². The van der Waals surface area contributed by atoms with Crippen LogP contribution in [0.1, 0.15) is 43.2 Å². The second-order valence-electron chi connectivity index (χ2n) is 4.87. The standard InChI is InChI=1S/C15H17F3N2O3/c16-15(17,18)12-8-6-11(7-9-12)10-19-20-13(21)4-2-1-3-5-14(22)23/h6-10H,1-5H2,(H,20,21)(H,22,23)/b19-10+. The van der Waals surface area contributed by atoms with Crippen molar-refractivity contribution in [3.05, 3.63) is 35.4 Å². The van der Waals surface area contributed by atoms with E-state index in [0.717, 1.165) is 12.1 Å². The first-order valence-corrected chi connectivity index (χ1v) is 7.00. The van der Waals surface area contributed by atoms with E-state index in [1.54, 1.807) is 0 Å². The number of carboxylic acids is 1. The van der Waals surface area contributed by atoms with Crippen LogP contribution in [-0.2, 0) is 15.8 Å². The number of hydrazone groups is 1. The van der Waals surface area contributed by atoms with Crippen LogP contribution < -0.4 is 5.43 Å². The molecular formula is C15H17F3N2O3. The van der Waals surface area contributed by atoms with Crippen LogP contribution in [0.4, 0.5) is 13.2 Å². The SMILES string of the molecule is O=C(O)CCCCCC(=O)N/N=C/c1ccc(C(F)(F)F)cc1. The van der Waals surface area contributed by atoms with E-state index in [4.69, 9.17) is 5.11 Å². The van der Waals surface area contributed by atoms with Crippen molar-refractivity contribution in [2.24, 2.45) is 5.10 Å². The summed E-state index contributed by atoms with van der Waals surface area (Å²) in [5, 5.41) is 12.1. The van der Waals surface area contributed by atoms with Crippen LogP contribution in [0.3, 0.4) is 0 Å². The number of hydrogen-bond acceptors (Lipinski definition) is 3. The number of alkyl halides is 3. The fraction of sp³-hybridized carbons (Fsp3) is 0.400. The average Bonchev–Trinajstić information content (AvgIpc) is 2.46. The van der Waals surface area contributed by atoms with Crippen LogP contribution in [0.25, 0.3) is 0 Å². The highest BCUT2D eigenvalue weighted by Crippen LogP contribution is 2.28. The molecule has 0 bridgehead atoms. The Hall–Kier alpha value is -2.38. The maximum Gasteiger partial charge on any atom is 0.416 e. The number of amides is 1. The second-order valence-corrected chi connectivity index (χ2v) is 4.87. The van der Waals surface area contributed by atoms with Crippen LogP contribution in [0.5, 0.6) is 0 Å². The monoisotopic (exact) mass is 330 g/mol. The number of nitrogens with one attached hydrogen (secondary N) is 1. The number of carbonyl (C=O) groups excluding carboxylic acids is 1. The molecule has 0 spiro atoms. The smallest absolute Gasteiger partial charge is 0.416 e. The summed E-state index contributed by atoms with van der Waals surface area (Å²) in [5.41, 5.74) is 1.95. The van der Waals surface area contributed by atoms with Crippen molar-refractivity contribution in [2.45, 2.75) is 38.3 Å². The van der Waals surface area contributed by atoms with Gasteiger partial charge in [0.05, 0.1) is 11.8 Å². The van der Waals surface area contributed by atoms with Gasteiger partial charge in [0.25, 0.3) is 0 Å². The summed E-state index contributed by atoms with van der Waals surface area (Å²) < 4.78 is 37.1. The number of halogens is 3. The number of aliphatic carboxylic acids is 1. The van der Waals surface area contributed by atoms with Crippen molar-refractivity contribution in [2.75, 3.05) is 0 Å². The molecule has 1 rings (SSSR count). The van der Waals surface area contributed by atoms with Crippen molar-refractivity contribution in [1.82, 2.24) is 5.43 Å². The third-order valence-corrected chi connectivity index (χ3v) is 2.94. The summed E-state index contributed by atoms with van der Waals surface area (Å²) in [6.07, 6.45) is -1.15. The molecule has 1 amide bonds. The summed E-state index contributed by atoms with van der Waals surface area (Å²) in [6, 6.07) is 4.38. The Balaban J connectivity index is 2.30. The van der Waals surface area contributed by atoms with E-state index in [1.807, 2.05) is 0 Å². The lowest BCUT2D eigenvalue weighted by molar-refractivity contribution is -0.138. The highest BCUT2D eigenvalue weighted by molar-refractivity contribution is 5.82. The van der Waals surface area contributed by atoms with Gasteiger partial charge in [0.15, 0.2) is 0 Å². The van der Waals surface area contributed by atoms with E-state index in [-0.39, 0.29) is 18.7 Å². The molecule has 1 aromatic rings. The van der Waals surface area contributed by atoms with Gasteiger partial charge in [-0.15, -0.1) is 0 Å². The van der Waals surface area contributed by atoms with Crippen LogP contribution >= 0.6 is 0 Å². The zero-order valence-electron chi connectivity index (χ0n) is 12.3. The van der Waals surface area contributed by atoms with Gasteiger partial charge in [-0.25, -0.2) is 5.43 Å². The molecule has 0 radical (unpaired) electrons. The molecule has 0 saturated carbocycles. The van der Waals surface area contributed by atoms with E-state index in [9.17, 15) is 22.8 Å². The van der Waals surface area contributed by atoms with Gasteiger partial charge in [0.2, 0.25) is 5.91 Å². The van der Waals surface area contributed by atoms with Gasteiger partial charge < -0.3 is 5.11 Å². The molecule has 2 N–H and O–H groups in total. The topological polar surface area (TPSA) is 78.8 Å². The number of carbonyl (C=O) groups is 2. The van der Waals surface area contributed by atoms with Crippen molar-refractivity contribution in [3.63, 3.8) is 0 Å². The number of hydrogen-bond donors (Lipinski definition) is 2. The minimum Gasteiger partial charge on any atom is -0.481 e. The van der Waals surface area contributed by atoms with Gasteiger partial charge in [0.1, 0.15) is 0 Å². The van der Waals surface area contributed by atoms with E-state index in [1.165, 1.54) is 18.3 Å². The molecule has 0 unspecified atom stereocenters. The first-order chi connectivity index (χ1) is 10.8. The van der Waals surface area contributed by atoms with E-state index in [0.29, 0.717) is 24.8 Å². The highest BCUT2D eigenvalue weighted by Gasteiger charge is 2.29. The fourth-order valence-electron chi connectivity index (χ4n) is 1.73. The van der Waals surface area contributed by atoms with Gasteiger partial charge in [-0.3, -0.25) is 9.59 Å². The highest BCUT2D eigenvalue weighted by atomic mass is 19.4. The number of carboxylic acid groups (broad SMARTS) is 1. The van der Waals surface area contributed by atoms with Gasteiger partial charge >= 0.3 is 12.1 Å². The van der Waals surface area contributed by atoms with Gasteiger partial charge in [-0.2, -0.15) is 18.3 Å². The summed E-state index contributed by atoms with van der Waals surface area (Å²) in [5.74, 6) is -1.20. The molecule has 0 aliphatic rings. The second kappa shape index (κ2) is 8.92. The zero-order valence-corrected chi connectivity index (χ0v) is 12.3. The number of rotatable bonds is 8. The summed E-state index contributed by atoms with van der Waals surface area (Å²) in [6.45, 7) is 0.